The molecule has 3 N–H and O–H groups in total. The van der Waals surface area contributed by atoms with Crippen LogP contribution in [0.1, 0.15) is 20.8 Å². The van der Waals surface area contributed by atoms with Crippen LogP contribution in [0, 0.1) is 6.92 Å². The number of carbonyl (C=O) groups excluding carboxylic acids is 1. The van der Waals surface area contributed by atoms with Crippen LogP contribution in [0.3, 0.4) is 0 Å². The first-order valence-corrected chi connectivity index (χ1v) is 13.9. The average Bonchev–Trinajstić information content (AvgIpc) is 3.12. The molecule has 2 aromatic heterocycles. The van der Waals surface area contributed by atoms with Gasteiger partial charge >= 0.3 is 149 Å². The third-order valence-corrected chi connectivity index (χ3v) is 8.06. The van der Waals surface area contributed by atoms with E-state index in [0.717, 1.165) is 5.56 Å². The Kier molecular flexibility index (Phi) is 6.43. The number of nitrogens with one attached hydrogen (secondary N) is 1. The fourth-order valence-corrected chi connectivity index (χ4v) is 5.38. The Hall–Kier alpha value is -2.97. The predicted molar refractivity (Wildman–Crippen MR) is 123 cm³/mol. The number of hydrogen-bond acceptors (Lipinski definition) is 7. The molecule has 2 heterocycles. The second kappa shape index (κ2) is 9.26. The molecule has 0 aliphatic rings. The molecule has 8 nitrogen and oxygen atoms in total. The standard InChI is InChI=1S/C22H20AsN3O5S/c1-14-18-20(26-17-9-7-16(8-10-17)23(28,29)30)24-13-25-21(18)32-19(14)22(27)31-12-11-15-5-3-2-4-6-15/h2-10,13H,11-12H2,1H3,(H,24,25,26)(H2,28,29,30). The first-order valence-electron chi connectivity index (χ1n) is 9.71. The van der Waals surface area contributed by atoms with Gasteiger partial charge in [-0.2, -0.15) is 0 Å². The molecule has 10 heteroatoms. The molecule has 0 unspecified atom stereocenters. The molecule has 0 aliphatic heterocycles. The topological polar surface area (TPSA) is 122 Å². The Labute approximate surface area is 190 Å². The fourth-order valence-electron chi connectivity index (χ4n) is 3.21. The molecule has 4 aromatic rings. The van der Waals surface area contributed by atoms with Crippen molar-refractivity contribution >= 4 is 57.6 Å². The summed E-state index contributed by atoms with van der Waals surface area (Å²) in [7, 11) is 0. The molecule has 4 rings (SSSR count). The number of hydrogen-bond donors (Lipinski definition) is 3. The van der Waals surface area contributed by atoms with Crippen LogP contribution < -0.4 is 9.67 Å². The minimum absolute atomic E-state index is 0.00578. The van der Waals surface area contributed by atoms with Gasteiger partial charge in [-0.1, -0.05) is 30.3 Å². The molecule has 2 aromatic carbocycles. The SMILES string of the molecule is Cc1c(C(=O)OCCc2ccccc2)sc2ncnc(Nc3ccc([As](=O)(O)O)cc3)c12. The number of fused-ring (bicyclic) bond motifs is 1. The molecule has 0 amide bonds. The molecule has 0 bridgehead atoms. The number of nitrogens with zero attached hydrogens (tertiary/aromatic N) is 2. The number of ether oxygens (including phenoxy) is 1. The van der Waals surface area contributed by atoms with Crippen molar-refractivity contribution in [2.75, 3.05) is 11.9 Å². The molecular weight excluding hydrogens is 493 g/mol. The van der Waals surface area contributed by atoms with Gasteiger partial charge in [0.15, 0.2) is 0 Å². The second-order valence-corrected chi connectivity index (χ2v) is 11.4. The summed E-state index contributed by atoms with van der Waals surface area (Å²) in [6.07, 6.45) is 2.03. The summed E-state index contributed by atoms with van der Waals surface area (Å²) in [5.74, 6) is 0.0990. The number of aromatic nitrogens is 2. The Morgan fingerprint density at radius 1 is 1.09 bits per heavy atom. The van der Waals surface area contributed by atoms with Crippen molar-refractivity contribution in [2.24, 2.45) is 0 Å². The van der Waals surface area contributed by atoms with E-state index >= 15 is 0 Å². The van der Waals surface area contributed by atoms with Crippen LogP contribution in [0.5, 0.6) is 0 Å². The van der Waals surface area contributed by atoms with E-state index in [1.807, 2.05) is 37.3 Å². The molecule has 164 valence electrons. The van der Waals surface area contributed by atoms with Gasteiger partial charge in [-0.25, -0.2) is 0 Å². The second-order valence-electron chi connectivity index (χ2n) is 7.05. The van der Waals surface area contributed by atoms with E-state index in [4.69, 9.17) is 4.74 Å². The van der Waals surface area contributed by atoms with Gasteiger partial charge in [-0.15, -0.1) is 0 Å². The van der Waals surface area contributed by atoms with Crippen molar-refractivity contribution < 1.29 is 21.5 Å². The van der Waals surface area contributed by atoms with E-state index < -0.39 is 20.1 Å². The van der Waals surface area contributed by atoms with Crippen LogP contribution in [0.25, 0.3) is 10.2 Å². The summed E-state index contributed by atoms with van der Waals surface area (Å²) < 4.78 is 35.5. The number of rotatable bonds is 7. The summed E-state index contributed by atoms with van der Waals surface area (Å²) in [6, 6.07) is 15.7. The molecule has 0 aliphatic carbocycles. The van der Waals surface area contributed by atoms with E-state index in [1.54, 1.807) is 12.1 Å². The van der Waals surface area contributed by atoms with Crippen LogP contribution in [0.2, 0.25) is 0 Å². The minimum atomic E-state index is -4.94. The van der Waals surface area contributed by atoms with E-state index in [2.05, 4.69) is 15.3 Å². The van der Waals surface area contributed by atoms with Gasteiger partial charge in [0.05, 0.1) is 0 Å². The quantitative estimate of drug-likeness (QED) is 0.255. The van der Waals surface area contributed by atoms with Crippen molar-refractivity contribution in [1.29, 1.82) is 0 Å². The normalized spacial score (nSPS) is 11.5. The molecule has 0 saturated heterocycles. The monoisotopic (exact) mass is 513 g/mol. The van der Waals surface area contributed by atoms with E-state index in [9.17, 15) is 16.7 Å². The third kappa shape index (κ3) is 4.92. The number of esters is 1. The summed E-state index contributed by atoms with van der Waals surface area (Å²) in [5.41, 5.74) is 2.42. The zero-order valence-electron chi connectivity index (χ0n) is 17.1. The van der Waals surface area contributed by atoms with Crippen LogP contribution in [0.4, 0.5) is 11.5 Å². The van der Waals surface area contributed by atoms with Crippen molar-refractivity contribution in [3.63, 3.8) is 0 Å². The Bertz CT molecular complexity index is 1300. The van der Waals surface area contributed by atoms with Gasteiger partial charge in [-0.3, -0.25) is 0 Å². The van der Waals surface area contributed by atoms with Crippen molar-refractivity contribution in [3.05, 3.63) is 76.9 Å². The molecule has 0 radical (unpaired) electrons. The van der Waals surface area contributed by atoms with Gasteiger partial charge in [0.1, 0.15) is 0 Å². The Morgan fingerprint density at radius 2 is 1.81 bits per heavy atom. The molecule has 32 heavy (non-hydrogen) atoms. The van der Waals surface area contributed by atoms with E-state index in [-0.39, 0.29) is 11.0 Å². The summed E-state index contributed by atoms with van der Waals surface area (Å²) in [4.78, 5) is 22.4. The van der Waals surface area contributed by atoms with Gasteiger partial charge in [0, 0.05) is 6.42 Å². The molecule has 0 spiro atoms. The van der Waals surface area contributed by atoms with Crippen molar-refractivity contribution in [2.45, 2.75) is 13.3 Å². The van der Waals surface area contributed by atoms with Gasteiger partial charge in [-0.05, 0) is 5.56 Å². The van der Waals surface area contributed by atoms with Crippen LogP contribution in [-0.2, 0) is 14.9 Å². The van der Waals surface area contributed by atoms with Gasteiger partial charge < -0.3 is 0 Å². The molecule has 0 saturated carbocycles. The maximum atomic E-state index is 12.7. The van der Waals surface area contributed by atoms with Gasteiger partial charge in [0.2, 0.25) is 0 Å². The van der Waals surface area contributed by atoms with Crippen molar-refractivity contribution in [3.8, 4) is 0 Å². The predicted octanol–water partition coefficient (Wildman–Crippen LogP) is 2.70. The number of thiophene rings is 1. The van der Waals surface area contributed by atoms with Crippen molar-refractivity contribution in [1.82, 2.24) is 9.97 Å². The third-order valence-electron chi connectivity index (χ3n) is 4.85. The van der Waals surface area contributed by atoms with E-state index in [1.165, 1.54) is 29.8 Å². The number of benzene rings is 2. The molecule has 0 atom stereocenters. The van der Waals surface area contributed by atoms with Gasteiger partial charge in [0.25, 0.3) is 0 Å². The summed E-state index contributed by atoms with van der Waals surface area (Å²) in [6.45, 7) is 2.10. The fraction of sp³-hybridized carbons (Fsp3) is 0.136. The molecular formula is C22H20AsN3O5S. The Balaban J connectivity index is 1.53. The number of carbonyl (C=O) groups is 1. The summed E-state index contributed by atoms with van der Waals surface area (Å²) >= 11 is -3.70. The summed E-state index contributed by atoms with van der Waals surface area (Å²) in [5, 5.41) is 3.84. The van der Waals surface area contributed by atoms with E-state index in [0.29, 0.717) is 38.6 Å². The number of anilines is 2. The van der Waals surface area contributed by atoms with Crippen LogP contribution in [0.15, 0.2) is 60.9 Å². The molecule has 0 fully saturated rings. The average molecular weight is 513 g/mol. The Morgan fingerprint density at radius 3 is 2.50 bits per heavy atom. The first-order chi connectivity index (χ1) is 15.3. The number of aryl methyl sites for hydroxylation is 1. The maximum absolute atomic E-state index is 12.7. The first kappa shape index (κ1) is 22.2. The zero-order valence-corrected chi connectivity index (χ0v) is 19.7. The zero-order chi connectivity index (χ0) is 22.7. The van der Waals surface area contributed by atoms with Crippen LogP contribution in [-0.4, -0.2) is 44.9 Å². The van der Waals surface area contributed by atoms with Crippen LogP contribution >= 0.6 is 11.3 Å².